The molecule has 4 N–H and O–H groups in total. The van der Waals surface area contributed by atoms with E-state index in [1.165, 1.54) is 80.8 Å². The number of aromatic hydroxyl groups is 2. The number of unbranched alkanes of at least 4 members (excludes halogenated alkanes) is 3. The van der Waals surface area contributed by atoms with Crippen LogP contribution in [-0.4, -0.2) is 28.4 Å². The topological polar surface area (TPSA) is 110 Å². The summed E-state index contributed by atoms with van der Waals surface area (Å²) in [6, 6.07) is 29.0. The summed E-state index contributed by atoms with van der Waals surface area (Å²) in [6.45, 7) is 4.98. The minimum Gasteiger partial charge on any atom is -0.507 e. The van der Waals surface area contributed by atoms with Crippen LogP contribution in [0.25, 0.3) is 22.3 Å². The number of rotatable bonds is 13. The van der Waals surface area contributed by atoms with Gasteiger partial charge in [-0.3, -0.25) is 9.59 Å². The summed E-state index contributed by atoms with van der Waals surface area (Å²) in [5.74, 6) is 0.393. The molecule has 1 fully saturated rings. The summed E-state index contributed by atoms with van der Waals surface area (Å²) < 4.78 is 5.84. The van der Waals surface area contributed by atoms with Gasteiger partial charge in [-0.05, 0) is 109 Å². The van der Waals surface area contributed by atoms with Gasteiger partial charge in [0.15, 0.2) is 5.78 Å². The van der Waals surface area contributed by atoms with E-state index < -0.39 is 11.6 Å². The molecule has 0 aliphatic heterocycles. The van der Waals surface area contributed by atoms with Crippen LogP contribution >= 0.6 is 11.8 Å². The van der Waals surface area contributed by atoms with E-state index in [9.17, 15) is 19.8 Å². The zero-order chi connectivity index (χ0) is 37.8. The molecule has 0 heterocycles. The Hall–Kier alpha value is -5.01. The van der Waals surface area contributed by atoms with Crippen LogP contribution < -0.4 is 10.5 Å². The summed E-state index contributed by atoms with van der Waals surface area (Å²) in [6.07, 6.45) is 12.6. The Morgan fingerprint density at radius 2 is 1.31 bits per heavy atom. The first-order valence-electron chi connectivity index (χ1n) is 19.5. The monoisotopic (exact) mass is 739 g/mol. The summed E-state index contributed by atoms with van der Waals surface area (Å²) >= 11 is 1.35. The molecule has 54 heavy (non-hydrogen) atoms. The molecule has 0 radical (unpaired) electrons. The Balaban J connectivity index is 1.16. The number of ketones is 2. The number of benzene rings is 5. The molecule has 0 aromatic heterocycles. The number of phenols is 2. The summed E-state index contributed by atoms with van der Waals surface area (Å²) in [5.41, 5.74) is 10.7. The fraction of sp³-hybridized carbons (Fsp3) is 0.319. The molecule has 5 aromatic rings. The highest BCUT2D eigenvalue weighted by atomic mass is 32.2. The van der Waals surface area contributed by atoms with Crippen molar-refractivity contribution in [2.75, 3.05) is 12.3 Å². The van der Waals surface area contributed by atoms with Crippen LogP contribution in [0.5, 0.6) is 17.2 Å². The highest BCUT2D eigenvalue weighted by molar-refractivity contribution is 7.99. The Morgan fingerprint density at radius 3 is 1.98 bits per heavy atom. The average Bonchev–Trinajstić information content (AvgIpc) is 3.19. The van der Waals surface area contributed by atoms with Crippen molar-refractivity contribution in [3.63, 3.8) is 0 Å². The maximum Gasteiger partial charge on any atom is 0.202 e. The van der Waals surface area contributed by atoms with Gasteiger partial charge in [0.1, 0.15) is 17.2 Å². The first kappa shape index (κ1) is 37.3. The van der Waals surface area contributed by atoms with Gasteiger partial charge < -0.3 is 20.7 Å². The lowest BCUT2D eigenvalue weighted by Gasteiger charge is -2.29. The number of carbonyl (C=O) groups excluding carboxylic acids is 2. The second kappa shape index (κ2) is 16.6. The standard InChI is InChI=1S/C47H49NO5S/c1-3-5-7-8-29-9-11-30(12-10-29)31-13-15-32(16-14-31)33-19-23-36(24-20-33)54-40-28-37(34-17-21-35(22-18-34)53-27-6-4-2)45(50)44-43(40)46(51)41-38(48)25-26-39(49)42(41)47(44)52/h13-26,28-30,49-50H,3-12,27,48H2,1-2H3. The molecule has 278 valence electrons. The van der Waals surface area contributed by atoms with Crippen molar-refractivity contribution in [3.8, 4) is 39.5 Å². The number of hydrogen-bond acceptors (Lipinski definition) is 7. The van der Waals surface area contributed by atoms with E-state index in [0.717, 1.165) is 34.8 Å². The average molecular weight is 740 g/mol. The number of anilines is 1. The predicted molar refractivity (Wildman–Crippen MR) is 218 cm³/mol. The van der Waals surface area contributed by atoms with E-state index in [1.54, 1.807) is 6.07 Å². The molecule has 0 atom stereocenters. The van der Waals surface area contributed by atoms with Crippen LogP contribution in [0.2, 0.25) is 0 Å². The van der Waals surface area contributed by atoms with Gasteiger partial charge in [-0.25, -0.2) is 0 Å². The fourth-order valence-corrected chi connectivity index (χ4v) is 9.05. The molecular formula is C47H49NO5S. The van der Waals surface area contributed by atoms with Gasteiger partial charge in [0.25, 0.3) is 0 Å². The smallest absolute Gasteiger partial charge is 0.202 e. The lowest BCUT2D eigenvalue weighted by molar-refractivity contribution is 0.0972. The molecule has 2 aliphatic rings. The Bertz CT molecular complexity index is 2130. The molecule has 0 saturated heterocycles. The third-order valence-corrected chi connectivity index (χ3v) is 12.2. The van der Waals surface area contributed by atoms with E-state index in [-0.39, 0.29) is 39.4 Å². The Morgan fingerprint density at radius 1 is 0.685 bits per heavy atom. The number of nitrogen functional groups attached to an aromatic ring is 1. The summed E-state index contributed by atoms with van der Waals surface area (Å²) in [5, 5.41) is 22.4. The second-order valence-electron chi connectivity index (χ2n) is 14.8. The molecule has 0 spiro atoms. The van der Waals surface area contributed by atoms with E-state index >= 15 is 0 Å². The highest BCUT2D eigenvalue weighted by Crippen LogP contribution is 2.48. The van der Waals surface area contributed by atoms with E-state index in [0.29, 0.717) is 34.3 Å². The van der Waals surface area contributed by atoms with Crippen molar-refractivity contribution in [1.29, 1.82) is 0 Å². The lowest BCUT2D eigenvalue weighted by Crippen LogP contribution is -2.24. The van der Waals surface area contributed by atoms with Crippen molar-refractivity contribution in [2.45, 2.75) is 93.8 Å². The van der Waals surface area contributed by atoms with Gasteiger partial charge in [-0.1, -0.05) is 106 Å². The maximum absolute atomic E-state index is 14.2. The van der Waals surface area contributed by atoms with Crippen LogP contribution in [-0.2, 0) is 0 Å². The van der Waals surface area contributed by atoms with Gasteiger partial charge in [-0.2, -0.15) is 0 Å². The Kier molecular flexibility index (Phi) is 11.4. The van der Waals surface area contributed by atoms with Crippen LogP contribution in [0.15, 0.2) is 101 Å². The molecule has 7 rings (SSSR count). The van der Waals surface area contributed by atoms with E-state index in [1.807, 2.05) is 36.4 Å². The number of phenolic OH excluding ortho intramolecular Hbond substituents is 2. The largest absolute Gasteiger partial charge is 0.507 e. The van der Waals surface area contributed by atoms with Crippen LogP contribution in [0.4, 0.5) is 5.69 Å². The molecule has 0 unspecified atom stereocenters. The van der Waals surface area contributed by atoms with Gasteiger partial charge in [0.2, 0.25) is 5.78 Å². The van der Waals surface area contributed by atoms with Crippen molar-refractivity contribution in [3.05, 3.63) is 119 Å². The second-order valence-corrected chi connectivity index (χ2v) is 15.9. The molecule has 6 nitrogen and oxygen atoms in total. The maximum atomic E-state index is 14.2. The molecule has 0 bridgehead atoms. The fourth-order valence-electron chi connectivity index (χ4n) is 8.05. The van der Waals surface area contributed by atoms with Gasteiger partial charge in [0.05, 0.1) is 28.9 Å². The molecule has 0 amide bonds. The van der Waals surface area contributed by atoms with Crippen molar-refractivity contribution in [1.82, 2.24) is 0 Å². The van der Waals surface area contributed by atoms with E-state index in [4.69, 9.17) is 10.5 Å². The van der Waals surface area contributed by atoms with Crippen LogP contribution in [0.1, 0.15) is 121 Å². The van der Waals surface area contributed by atoms with Gasteiger partial charge >= 0.3 is 0 Å². The number of carbonyl (C=O) groups is 2. The lowest BCUT2D eigenvalue weighted by atomic mass is 9.77. The number of ether oxygens (including phenoxy) is 1. The first-order valence-corrected chi connectivity index (χ1v) is 20.3. The van der Waals surface area contributed by atoms with Gasteiger partial charge in [-0.15, -0.1) is 0 Å². The first-order chi connectivity index (χ1) is 26.3. The predicted octanol–water partition coefficient (Wildman–Crippen LogP) is 12.0. The molecule has 5 aromatic carbocycles. The molecule has 2 aliphatic carbocycles. The summed E-state index contributed by atoms with van der Waals surface area (Å²) in [4.78, 5) is 29.6. The molecular weight excluding hydrogens is 691 g/mol. The quantitative estimate of drug-likeness (QED) is 0.0614. The SMILES string of the molecule is CCCCCC1CCC(c2ccc(-c3ccc(Sc4cc(-c5ccc(OCCCC)cc5)c(O)c5c4C(=O)c4c(N)ccc(O)c4C5=O)cc3)cc2)CC1. The molecule has 7 heteroatoms. The highest BCUT2D eigenvalue weighted by Gasteiger charge is 2.39. The van der Waals surface area contributed by atoms with Crippen LogP contribution in [0.3, 0.4) is 0 Å². The van der Waals surface area contributed by atoms with Gasteiger partial charge in [0, 0.05) is 21.0 Å². The third kappa shape index (κ3) is 7.65. The summed E-state index contributed by atoms with van der Waals surface area (Å²) in [7, 11) is 0. The Labute approximate surface area is 322 Å². The van der Waals surface area contributed by atoms with Crippen molar-refractivity contribution < 1.29 is 24.5 Å². The minimum absolute atomic E-state index is 0.0473. The zero-order valence-corrected chi connectivity index (χ0v) is 32.0. The number of nitrogens with two attached hydrogens (primary N) is 1. The number of hydrogen-bond donors (Lipinski definition) is 3. The third-order valence-electron chi connectivity index (χ3n) is 11.2. The van der Waals surface area contributed by atoms with Crippen molar-refractivity contribution >= 4 is 29.0 Å². The number of fused-ring (bicyclic) bond motifs is 2. The molecule has 1 saturated carbocycles. The minimum atomic E-state index is -0.649. The van der Waals surface area contributed by atoms with Crippen LogP contribution in [0, 0.1) is 5.92 Å². The zero-order valence-electron chi connectivity index (χ0n) is 31.2. The normalized spacial score (nSPS) is 16.6. The van der Waals surface area contributed by atoms with E-state index in [2.05, 4.69) is 50.2 Å². The van der Waals surface area contributed by atoms with Crippen molar-refractivity contribution in [2.24, 2.45) is 5.92 Å².